The molecule has 0 aromatic rings. The van der Waals surface area contributed by atoms with E-state index < -0.39 is 0 Å². The van der Waals surface area contributed by atoms with E-state index in [0.29, 0.717) is 11.2 Å². The zero-order valence-electron chi connectivity index (χ0n) is 13.9. The standard InChI is InChI=1S/C21H28O/c1-3-4-15-6-10-20-19-8-5-14-13-16(22)7-9-17(14)18(19)11-12-21(15,20)2/h3,13,15,19-20H,1,4-12H2,2H3/t15-,19-,20+,21-/m1/s1. The van der Waals surface area contributed by atoms with Gasteiger partial charge in [-0.15, -0.1) is 6.58 Å². The quantitative estimate of drug-likeness (QED) is 0.625. The second kappa shape index (κ2) is 5.22. The number of hydrogen-bond donors (Lipinski definition) is 0. The molecule has 2 fully saturated rings. The van der Waals surface area contributed by atoms with Gasteiger partial charge in [-0.3, -0.25) is 4.79 Å². The number of allylic oxidation sites excluding steroid dienone is 5. The van der Waals surface area contributed by atoms with E-state index in [1.54, 1.807) is 11.1 Å². The molecule has 4 aliphatic carbocycles. The van der Waals surface area contributed by atoms with Crippen molar-refractivity contribution < 1.29 is 4.79 Å². The molecule has 0 spiro atoms. The molecule has 0 aromatic carbocycles. The van der Waals surface area contributed by atoms with Gasteiger partial charge < -0.3 is 0 Å². The summed E-state index contributed by atoms with van der Waals surface area (Å²) >= 11 is 0. The lowest BCUT2D eigenvalue weighted by molar-refractivity contribution is -0.114. The summed E-state index contributed by atoms with van der Waals surface area (Å²) in [5, 5.41) is 0. The number of rotatable bonds is 2. The number of carbonyl (C=O) groups excluding carboxylic acids is 1. The molecule has 4 aliphatic rings. The Labute approximate surface area is 134 Å². The lowest BCUT2D eigenvalue weighted by Gasteiger charge is -2.49. The normalized spacial score (nSPS) is 40.7. The molecule has 0 amide bonds. The molecule has 118 valence electrons. The number of fused-ring (bicyclic) bond motifs is 4. The average Bonchev–Trinajstić information content (AvgIpc) is 2.84. The molecule has 0 bridgehead atoms. The van der Waals surface area contributed by atoms with Gasteiger partial charge in [0.1, 0.15) is 0 Å². The Morgan fingerprint density at radius 2 is 2.09 bits per heavy atom. The van der Waals surface area contributed by atoms with Gasteiger partial charge in [0.15, 0.2) is 5.78 Å². The molecule has 0 unspecified atom stereocenters. The van der Waals surface area contributed by atoms with Crippen LogP contribution in [0.25, 0.3) is 0 Å². The molecule has 0 radical (unpaired) electrons. The van der Waals surface area contributed by atoms with Gasteiger partial charge in [0.2, 0.25) is 0 Å². The number of ketones is 1. The van der Waals surface area contributed by atoms with Crippen LogP contribution in [0.2, 0.25) is 0 Å². The van der Waals surface area contributed by atoms with Crippen LogP contribution < -0.4 is 0 Å². The maximum atomic E-state index is 11.7. The fraction of sp³-hybridized carbons (Fsp3) is 0.667. The average molecular weight is 296 g/mol. The van der Waals surface area contributed by atoms with Crippen molar-refractivity contribution >= 4 is 5.78 Å². The molecule has 22 heavy (non-hydrogen) atoms. The van der Waals surface area contributed by atoms with Gasteiger partial charge in [0.05, 0.1) is 0 Å². The highest BCUT2D eigenvalue weighted by Crippen LogP contribution is 2.62. The van der Waals surface area contributed by atoms with Crippen LogP contribution in [0.3, 0.4) is 0 Å². The summed E-state index contributed by atoms with van der Waals surface area (Å²) in [6.07, 6.45) is 15.0. The smallest absolute Gasteiger partial charge is 0.156 e. The number of hydrogen-bond acceptors (Lipinski definition) is 1. The lowest BCUT2D eigenvalue weighted by atomic mass is 9.56. The minimum atomic E-state index is 0.352. The van der Waals surface area contributed by atoms with Gasteiger partial charge >= 0.3 is 0 Å². The van der Waals surface area contributed by atoms with Gasteiger partial charge in [-0.2, -0.15) is 0 Å². The zero-order chi connectivity index (χ0) is 15.3. The molecule has 0 heterocycles. The molecule has 2 saturated carbocycles. The molecular formula is C21H28O. The minimum absolute atomic E-state index is 0.352. The summed E-state index contributed by atoms with van der Waals surface area (Å²) in [4.78, 5) is 11.7. The fourth-order valence-electron chi connectivity index (χ4n) is 6.23. The van der Waals surface area contributed by atoms with Crippen LogP contribution in [0.4, 0.5) is 0 Å². The van der Waals surface area contributed by atoms with Gasteiger partial charge in [-0.05, 0) is 91.8 Å². The van der Waals surface area contributed by atoms with E-state index in [0.717, 1.165) is 37.0 Å². The van der Waals surface area contributed by atoms with E-state index in [1.807, 2.05) is 6.08 Å². The molecule has 0 aliphatic heterocycles. The third-order valence-corrected chi connectivity index (χ3v) is 7.38. The topological polar surface area (TPSA) is 17.1 Å². The van der Waals surface area contributed by atoms with Crippen LogP contribution in [0.5, 0.6) is 0 Å². The highest BCUT2D eigenvalue weighted by Gasteiger charge is 2.52. The third kappa shape index (κ3) is 2.01. The minimum Gasteiger partial charge on any atom is -0.295 e. The monoisotopic (exact) mass is 296 g/mol. The zero-order valence-corrected chi connectivity index (χ0v) is 13.9. The van der Waals surface area contributed by atoms with Gasteiger partial charge in [0, 0.05) is 6.42 Å². The Balaban J connectivity index is 1.68. The van der Waals surface area contributed by atoms with Crippen molar-refractivity contribution in [3.05, 3.63) is 35.5 Å². The van der Waals surface area contributed by atoms with Crippen molar-refractivity contribution in [1.82, 2.24) is 0 Å². The maximum Gasteiger partial charge on any atom is 0.156 e. The summed E-state index contributed by atoms with van der Waals surface area (Å²) < 4.78 is 0. The summed E-state index contributed by atoms with van der Waals surface area (Å²) in [6, 6.07) is 0. The Bertz CT molecular complexity index is 579. The van der Waals surface area contributed by atoms with Crippen LogP contribution in [-0.2, 0) is 4.79 Å². The highest BCUT2D eigenvalue weighted by atomic mass is 16.1. The van der Waals surface area contributed by atoms with Crippen LogP contribution in [0.1, 0.15) is 64.7 Å². The Morgan fingerprint density at radius 3 is 2.91 bits per heavy atom. The SMILES string of the molecule is C=CC[C@@H]1CC[C@H]2[C@@H]3CCC4=CC(=O)CCC4=C3CC[C@]12C. The van der Waals surface area contributed by atoms with E-state index in [2.05, 4.69) is 19.6 Å². The molecule has 0 saturated heterocycles. The van der Waals surface area contributed by atoms with E-state index in [9.17, 15) is 4.79 Å². The Morgan fingerprint density at radius 1 is 1.23 bits per heavy atom. The summed E-state index contributed by atoms with van der Waals surface area (Å²) in [5.41, 5.74) is 5.29. The van der Waals surface area contributed by atoms with Crippen LogP contribution in [0.15, 0.2) is 35.5 Å². The Hall–Kier alpha value is -1.11. The first-order valence-electron chi connectivity index (χ1n) is 9.20. The van der Waals surface area contributed by atoms with Crippen molar-refractivity contribution in [3.63, 3.8) is 0 Å². The lowest BCUT2D eigenvalue weighted by Crippen LogP contribution is -2.40. The van der Waals surface area contributed by atoms with Gasteiger partial charge in [-0.1, -0.05) is 18.6 Å². The van der Waals surface area contributed by atoms with Crippen LogP contribution >= 0.6 is 0 Å². The fourth-order valence-corrected chi connectivity index (χ4v) is 6.23. The first-order chi connectivity index (χ1) is 10.6. The van der Waals surface area contributed by atoms with Gasteiger partial charge in [-0.25, -0.2) is 0 Å². The van der Waals surface area contributed by atoms with Crippen molar-refractivity contribution in [2.24, 2.45) is 23.2 Å². The van der Waals surface area contributed by atoms with E-state index >= 15 is 0 Å². The van der Waals surface area contributed by atoms with Crippen molar-refractivity contribution in [2.45, 2.75) is 64.7 Å². The number of carbonyl (C=O) groups is 1. The molecule has 1 nitrogen and oxygen atoms in total. The first-order valence-corrected chi connectivity index (χ1v) is 9.20. The predicted octanol–water partition coefficient (Wildman–Crippen LogP) is 5.38. The molecule has 4 rings (SSSR count). The van der Waals surface area contributed by atoms with E-state index in [-0.39, 0.29) is 0 Å². The molecule has 4 atom stereocenters. The van der Waals surface area contributed by atoms with Crippen molar-refractivity contribution in [1.29, 1.82) is 0 Å². The van der Waals surface area contributed by atoms with E-state index in [4.69, 9.17) is 0 Å². The van der Waals surface area contributed by atoms with Gasteiger partial charge in [0.25, 0.3) is 0 Å². The maximum absolute atomic E-state index is 11.7. The second-order valence-electron chi connectivity index (χ2n) is 8.20. The van der Waals surface area contributed by atoms with E-state index in [1.165, 1.54) is 44.1 Å². The third-order valence-electron chi connectivity index (χ3n) is 7.38. The van der Waals surface area contributed by atoms with Crippen LogP contribution in [-0.4, -0.2) is 5.78 Å². The van der Waals surface area contributed by atoms with Crippen LogP contribution in [0, 0.1) is 23.2 Å². The molecule has 1 heteroatoms. The first kappa shape index (κ1) is 14.5. The Kier molecular flexibility index (Phi) is 3.43. The largest absolute Gasteiger partial charge is 0.295 e. The highest BCUT2D eigenvalue weighted by molar-refractivity contribution is 5.93. The van der Waals surface area contributed by atoms with Crippen molar-refractivity contribution in [2.75, 3.05) is 0 Å². The summed E-state index contributed by atoms with van der Waals surface area (Å²) in [7, 11) is 0. The molecular weight excluding hydrogens is 268 g/mol. The predicted molar refractivity (Wildman–Crippen MR) is 90.4 cm³/mol. The molecule has 0 N–H and O–H groups in total. The van der Waals surface area contributed by atoms with Crippen molar-refractivity contribution in [3.8, 4) is 0 Å². The molecule has 0 aromatic heterocycles. The summed E-state index contributed by atoms with van der Waals surface area (Å²) in [6.45, 7) is 6.55. The summed E-state index contributed by atoms with van der Waals surface area (Å²) in [5.74, 6) is 2.90. The second-order valence-corrected chi connectivity index (χ2v) is 8.20.